The molecule has 0 aliphatic carbocycles. The average Bonchev–Trinajstić information content (AvgIpc) is 2.37. The lowest BCUT2D eigenvalue weighted by Crippen LogP contribution is -2.37. The fraction of sp³-hybridized carbons (Fsp3) is 0.375. The van der Waals surface area contributed by atoms with Crippen LogP contribution in [0, 0.1) is 0 Å². The van der Waals surface area contributed by atoms with Crippen molar-refractivity contribution in [1.82, 2.24) is 5.32 Å². The summed E-state index contributed by atoms with van der Waals surface area (Å²) in [6.07, 6.45) is 1.04. The number of hydrogen-bond acceptors (Lipinski definition) is 2. The van der Waals surface area contributed by atoms with Gasteiger partial charge in [0.25, 0.3) is 0 Å². The normalized spacial score (nSPS) is 14.6. The van der Waals surface area contributed by atoms with Crippen molar-refractivity contribution in [2.45, 2.75) is 32.4 Å². The lowest BCUT2D eigenvalue weighted by Gasteiger charge is -2.16. The van der Waals surface area contributed by atoms with Crippen LogP contribution in [0.3, 0.4) is 0 Å². The summed E-state index contributed by atoms with van der Waals surface area (Å²) in [5, 5.41) is 6.14. The summed E-state index contributed by atoms with van der Waals surface area (Å²) in [6.45, 7) is 5.10. The molecule has 0 bridgehead atoms. The Morgan fingerprint density at radius 1 is 1.06 bits per heavy atom. The van der Waals surface area contributed by atoms with Gasteiger partial charge >= 0.3 is 0 Å². The molecule has 0 fully saturated rings. The molecule has 0 amide bonds. The van der Waals surface area contributed by atoms with Crippen LogP contribution < -0.4 is 11.1 Å². The summed E-state index contributed by atoms with van der Waals surface area (Å²) in [5.41, 5.74) is 7.16. The van der Waals surface area contributed by atoms with E-state index in [2.05, 4.69) is 54.7 Å². The fourth-order valence-electron chi connectivity index (χ4n) is 2.26. The highest BCUT2D eigenvalue weighted by Crippen LogP contribution is 2.19. The minimum absolute atomic E-state index is 0.208. The molecule has 0 aliphatic heterocycles. The molecule has 0 saturated carbocycles. The van der Waals surface area contributed by atoms with Crippen molar-refractivity contribution in [2.24, 2.45) is 5.73 Å². The zero-order valence-electron chi connectivity index (χ0n) is 11.2. The van der Waals surface area contributed by atoms with E-state index >= 15 is 0 Å². The van der Waals surface area contributed by atoms with Crippen molar-refractivity contribution < 1.29 is 0 Å². The van der Waals surface area contributed by atoms with Gasteiger partial charge in [-0.15, -0.1) is 0 Å². The molecule has 0 radical (unpaired) electrons. The Morgan fingerprint density at radius 3 is 2.56 bits per heavy atom. The number of fused-ring (bicyclic) bond motifs is 1. The number of nitrogens with two attached hydrogens (primary N) is 1. The SMILES string of the molecule is CC(N)CNC(C)Cc1cccc2ccccc12. The molecule has 2 unspecified atom stereocenters. The Labute approximate surface area is 109 Å². The van der Waals surface area contributed by atoms with Crippen LogP contribution in [-0.2, 0) is 6.42 Å². The monoisotopic (exact) mass is 242 g/mol. The predicted molar refractivity (Wildman–Crippen MR) is 78.8 cm³/mol. The van der Waals surface area contributed by atoms with E-state index in [4.69, 9.17) is 5.73 Å². The third kappa shape index (κ3) is 3.31. The Bertz CT molecular complexity index is 500. The van der Waals surface area contributed by atoms with E-state index in [1.807, 2.05) is 6.92 Å². The third-order valence-electron chi connectivity index (χ3n) is 3.19. The predicted octanol–water partition coefficient (Wildman–Crippen LogP) is 2.71. The second-order valence-electron chi connectivity index (χ2n) is 5.13. The van der Waals surface area contributed by atoms with Crippen molar-refractivity contribution in [3.63, 3.8) is 0 Å². The molecular weight excluding hydrogens is 220 g/mol. The maximum atomic E-state index is 5.76. The van der Waals surface area contributed by atoms with Crippen molar-refractivity contribution >= 4 is 10.8 Å². The maximum Gasteiger partial charge on any atom is 0.0136 e. The van der Waals surface area contributed by atoms with Crippen molar-refractivity contribution in [1.29, 1.82) is 0 Å². The van der Waals surface area contributed by atoms with E-state index in [9.17, 15) is 0 Å². The first kappa shape index (κ1) is 13.1. The highest BCUT2D eigenvalue weighted by Gasteiger charge is 2.06. The molecule has 2 aromatic carbocycles. The summed E-state index contributed by atoms with van der Waals surface area (Å²) >= 11 is 0. The quantitative estimate of drug-likeness (QED) is 0.846. The van der Waals surface area contributed by atoms with Crippen molar-refractivity contribution in [3.8, 4) is 0 Å². The van der Waals surface area contributed by atoms with Crippen LogP contribution in [0.2, 0.25) is 0 Å². The van der Waals surface area contributed by atoms with Crippen LogP contribution in [0.4, 0.5) is 0 Å². The van der Waals surface area contributed by atoms with E-state index in [1.165, 1.54) is 16.3 Å². The van der Waals surface area contributed by atoms with Crippen LogP contribution in [0.25, 0.3) is 10.8 Å². The number of rotatable bonds is 5. The van der Waals surface area contributed by atoms with Gasteiger partial charge in [-0.2, -0.15) is 0 Å². The maximum absolute atomic E-state index is 5.76. The second kappa shape index (κ2) is 5.98. The smallest absolute Gasteiger partial charge is 0.0136 e. The molecule has 0 aliphatic rings. The van der Waals surface area contributed by atoms with Gasteiger partial charge < -0.3 is 11.1 Å². The van der Waals surface area contributed by atoms with E-state index in [0.29, 0.717) is 6.04 Å². The number of nitrogens with one attached hydrogen (secondary N) is 1. The van der Waals surface area contributed by atoms with Gasteiger partial charge in [0, 0.05) is 18.6 Å². The first-order valence-corrected chi connectivity index (χ1v) is 6.62. The molecule has 2 aromatic rings. The molecule has 2 nitrogen and oxygen atoms in total. The van der Waals surface area contributed by atoms with Crippen LogP contribution >= 0.6 is 0 Å². The Hall–Kier alpha value is -1.38. The molecule has 0 heterocycles. The van der Waals surface area contributed by atoms with Crippen LogP contribution in [-0.4, -0.2) is 18.6 Å². The van der Waals surface area contributed by atoms with Gasteiger partial charge in [0.15, 0.2) is 0 Å². The highest BCUT2D eigenvalue weighted by atomic mass is 14.9. The lowest BCUT2D eigenvalue weighted by molar-refractivity contribution is 0.515. The van der Waals surface area contributed by atoms with Crippen LogP contribution in [0.15, 0.2) is 42.5 Å². The Balaban J connectivity index is 2.11. The summed E-state index contributed by atoms with van der Waals surface area (Å²) in [4.78, 5) is 0. The molecule has 0 aromatic heterocycles. The molecule has 2 rings (SSSR count). The summed E-state index contributed by atoms with van der Waals surface area (Å²) < 4.78 is 0. The first-order chi connectivity index (χ1) is 8.66. The van der Waals surface area contributed by atoms with E-state index in [0.717, 1.165) is 13.0 Å². The largest absolute Gasteiger partial charge is 0.327 e. The lowest BCUT2D eigenvalue weighted by atomic mass is 9.99. The average molecular weight is 242 g/mol. The Morgan fingerprint density at radius 2 is 1.78 bits per heavy atom. The molecule has 2 atom stereocenters. The summed E-state index contributed by atoms with van der Waals surface area (Å²) in [7, 11) is 0. The van der Waals surface area contributed by atoms with Gasteiger partial charge in [-0.1, -0.05) is 42.5 Å². The molecule has 96 valence electrons. The zero-order valence-corrected chi connectivity index (χ0v) is 11.2. The molecule has 2 heteroatoms. The van der Waals surface area contributed by atoms with Gasteiger partial charge in [-0.25, -0.2) is 0 Å². The molecule has 3 N–H and O–H groups in total. The first-order valence-electron chi connectivity index (χ1n) is 6.62. The molecule has 0 saturated heterocycles. The minimum Gasteiger partial charge on any atom is -0.327 e. The van der Waals surface area contributed by atoms with Gasteiger partial charge in [0.2, 0.25) is 0 Å². The van der Waals surface area contributed by atoms with Gasteiger partial charge in [-0.3, -0.25) is 0 Å². The van der Waals surface area contributed by atoms with Gasteiger partial charge in [0.05, 0.1) is 0 Å². The molecular formula is C16H22N2. The van der Waals surface area contributed by atoms with Gasteiger partial charge in [-0.05, 0) is 36.6 Å². The third-order valence-corrected chi connectivity index (χ3v) is 3.19. The van der Waals surface area contributed by atoms with E-state index < -0.39 is 0 Å². The van der Waals surface area contributed by atoms with Crippen molar-refractivity contribution in [2.75, 3.05) is 6.54 Å². The fourth-order valence-corrected chi connectivity index (χ4v) is 2.26. The minimum atomic E-state index is 0.208. The van der Waals surface area contributed by atoms with E-state index in [-0.39, 0.29) is 6.04 Å². The van der Waals surface area contributed by atoms with Crippen LogP contribution in [0.5, 0.6) is 0 Å². The topological polar surface area (TPSA) is 38.0 Å². The number of hydrogen-bond donors (Lipinski definition) is 2. The Kier molecular flexibility index (Phi) is 4.34. The standard InChI is InChI=1S/C16H22N2/c1-12(17)11-18-13(2)10-15-8-5-7-14-6-3-4-9-16(14)15/h3-9,12-13,18H,10-11,17H2,1-2H3. The number of benzene rings is 2. The van der Waals surface area contributed by atoms with E-state index in [1.54, 1.807) is 0 Å². The molecule has 18 heavy (non-hydrogen) atoms. The van der Waals surface area contributed by atoms with Gasteiger partial charge in [0.1, 0.15) is 0 Å². The van der Waals surface area contributed by atoms with Crippen molar-refractivity contribution in [3.05, 3.63) is 48.0 Å². The molecule has 0 spiro atoms. The summed E-state index contributed by atoms with van der Waals surface area (Å²) in [6, 6.07) is 15.7. The highest BCUT2D eigenvalue weighted by molar-refractivity contribution is 5.85. The van der Waals surface area contributed by atoms with Crippen LogP contribution in [0.1, 0.15) is 19.4 Å². The zero-order chi connectivity index (χ0) is 13.0. The summed E-state index contributed by atoms with van der Waals surface area (Å²) in [5.74, 6) is 0. The second-order valence-corrected chi connectivity index (χ2v) is 5.13.